The highest BCUT2D eigenvalue weighted by Gasteiger charge is 2.34. The molecule has 0 aliphatic carbocycles. The number of halogens is 4. The summed E-state index contributed by atoms with van der Waals surface area (Å²) in [4.78, 5) is 28.8. The lowest BCUT2D eigenvalue weighted by Crippen LogP contribution is -2.53. The van der Waals surface area contributed by atoms with Gasteiger partial charge in [-0.05, 0) is 67.8 Å². The molecule has 3 aromatic carbocycles. The number of sulfonamides is 1. The quantitative estimate of drug-likeness (QED) is 0.223. The van der Waals surface area contributed by atoms with E-state index in [0.29, 0.717) is 17.0 Å². The van der Waals surface area contributed by atoms with Crippen molar-refractivity contribution in [3.8, 4) is 0 Å². The number of hydrogen-bond donors (Lipinski definition) is 1. The van der Waals surface area contributed by atoms with Crippen LogP contribution in [0.15, 0.2) is 71.6 Å². The summed E-state index contributed by atoms with van der Waals surface area (Å²) in [6.07, 6.45) is 0.977. The second-order valence-corrected chi connectivity index (χ2v) is 13.0. The first-order valence-electron chi connectivity index (χ1n) is 12.9. The highest BCUT2D eigenvalue weighted by molar-refractivity contribution is 7.92. The molecule has 0 aliphatic heterocycles. The Labute approximate surface area is 261 Å². The Hall–Kier alpha value is -2.49. The van der Waals surface area contributed by atoms with Gasteiger partial charge in [-0.15, -0.1) is 0 Å². The molecule has 12 heteroatoms. The SMILES string of the molecule is CC[C@@H](C)NC(=O)[C@@H](CC)N(Cc1ccc(Cl)c(Cl)c1)C(=O)CN(c1cc(Cl)cc(Cl)c1)S(=O)(=O)c1ccccc1. The van der Waals surface area contributed by atoms with Gasteiger partial charge in [-0.2, -0.15) is 0 Å². The highest BCUT2D eigenvalue weighted by Crippen LogP contribution is 2.30. The van der Waals surface area contributed by atoms with Crippen LogP contribution in [0.3, 0.4) is 0 Å². The first-order chi connectivity index (χ1) is 19.4. The second kappa shape index (κ2) is 14.6. The zero-order valence-corrected chi connectivity index (χ0v) is 26.6. The van der Waals surface area contributed by atoms with E-state index in [1.807, 2.05) is 13.8 Å². The summed E-state index contributed by atoms with van der Waals surface area (Å²) in [7, 11) is -4.25. The maximum atomic E-state index is 14.1. The number of rotatable bonds is 12. The molecular formula is C29H31Cl4N3O4S. The first-order valence-corrected chi connectivity index (χ1v) is 15.9. The van der Waals surface area contributed by atoms with Crippen LogP contribution < -0.4 is 9.62 Å². The molecule has 0 bridgehead atoms. The van der Waals surface area contributed by atoms with Crippen molar-refractivity contribution in [3.05, 3.63) is 92.4 Å². The van der Waals surface area contributed by atoms with Crippen LogP contribution in [0.25, 0.3) is 0 Å². The average Bonchev–Trinajstić information content (AvgIpc) is 2.93. The Morgan fingerprint density at radius 3 is 2.05 bits per heavy atom. The van der Waals surface area contributed by atoms with Crippen LogP contribution in [0.2, 0.25) is 20.1 Å². The molecular weight excluding hydrogens is 628 g/mol. The predicted molar refractivity (Wildman–Crippen MR) is 166 cm³/mol. The van der Waals surface area contributed by atoms with Crippen LogP contribution in [-0.2, 0) is 26.2 Å². The third-order valence-electron chi connectivity index (χ3n) is 6.47. The summed E-state index contributed by atoms with van der Waals surface area (Å²) in [6, 6.07) is 15.9. The lowest BCUT2D eigenvalue weighted by molar-refractivity contribution is -0.140. The number of anilines is 1. The maximum absolute atomic E-state index is 14.1. The third kappa shape index (κ3) is 8.52. The zero-order valence-electron chi connectivity index (χ0n) is 22.8. The number of nitrogens with zero attached hydrogens (tertiary/aromatic N) is 2. The number of carbonyl (C=O) groups is 2. The minimum atomic E-state index is -4.25. The molecule has 0 fully saturated rings. The fraction of sp³-hybridized carbons (Fsp3) is 0.310. The zero-order chi connectivity index (χ0) is 30.3. The molecule has 0 aliphatic rings. The Morgan fingerprint density at radius 1 is 0.854 bits per heavy atom. The van der Waals surface area contributed by atoms with Crippen molar-refractivity contribution in [3.63, 3.8) is 0 Å². The van der Waals surface area contributed by atoms with Crippen molar-refractivity contribution in [1.82, 2.24) is 10.2 Å². The van der Waals surface area contributed by atoms with E-state index in [4.69, 9.17) is 46.4 Å². The standard InChI is InChI=1S/C29H31Cl4N3O4S/c1-4-19(3)34-29(38)27(5-2)35(17-20-11-12-25(32)26(33)13-20)28(37)18-36(23-15-21(30)14-22(31)16-23)41(39,40)24-9-7-6-8-10-24/h6-16,19,27H,4-5,17-18H2,1-3H3,(H,34,38)/t19-,27-/m1/s1. The molecule has 220 valence electrons. The molecule has 3 rings (SSSR count). The van der Waals surface area contributed by atoms with Crippen LogP contribution in [-0.4, -0.2) is 43.8 Å². The van der Waals surface area contributed by atoms with Crippen LogP contribution in [0.4, 0.5) is 5.69 Å². The number of carbonyl (C=O) groups excluding carboxylic acids is 2. The van der Waals surface area contributed by atoms with Crippen LogP contribution in [0.5, 0.6) is 0 Å². The van der Waals surface area contributed by atoms with Crippen LogP contribution in [0, 0.1) is 0 Å². The Bertz CT molecular complexity index is 1470. The van der Waals surface area contributed by atoms with Crippen molar-refractivity contribution in [1.29, 1.82) is 0 Å². The van der Waals surface area contributed by atoms with Gasteiger partial charge in [0.15, 0.2) is 0 Å². The highest BCUT2D eigenvalue weighted by atomic mass is 35.5. The smallest absolute Gasteiger partial charge is 0.264 e. The molecule has 0 saturated carbocycles. The predicted octanol–water partition coefficient (Wildman–Crippen LogP) is 7.22. The second-order valence-electron chi connectivity index (χ2n) is 9.46. The molecule has 0 heterocycles. The molecule has 2 atom stereocenters. The maximum Gasteiger partial charge on any atom is 0.264 e. The molecule has 0 saturated heterocycles. The number of nitrogens with one attached hydrogen (secondary N) is 1. The fourth-order valence-corrected chi connectivity index (χ4v) is 6.38. The molecule has 7 nitrogen and oxygen atoms in total. The summed E-state index contributed by atoms with van der Waals surface area (Å²) in [5.41, 5.74) is 0.720. The average molecular weight is 659 g/mol. The minimum Gasteiger partial charge on any atom is -0.352 e. The molecule has 3 aromatic rings. The molecule has 1 N–H and O–H groups in total. The van der Waals surface area contributed by atoms with E-state index in [9.17, 15) is 18.0 Å². The van der Waals surface area contributed by atoms with E-state index in [2.05, 4.69) is 5.32 Å². The van der Waals surface area contributed by atoms with Gasteiger partial charge in [0.05, 0.1) is 20.6 Å². The van der Waals surface area contributed by atoms with Crippen LogP contribution >= 0.6 is 46.4 Å². The summed E-state index contributed by atoms with van der Waals surface area (Å²) >= 11 is 24.8. The van der Waals surface area contributed by atoms with Gasteiger partial charge < -0.3 is 10.2 Å². The van der Waals surface area contributed by atoms with Gasteiger partial charge in [-0.1, -0.05) is 84.5 Å². The van der Waals surface area contributed by atoms with Gasteiger partial charge in [-0.3, -0.25) is 13.9 Å². The van der Waals surface area contributed by atoms with Crippen molar-refractivity contribution in [2.24, 2.45) is 0 Å². The van der Waals surface area contributed by atoms with Gasteiger partial charge in [0.25, 0.3) is 10.0 Å². The van der Waals surface area contributed by atoms with E-state index in [-0.39, 0.29) is 50.6 Å². The van der Waals surface area contributed by atoms with Gasteiger partial charge >= 0.3 is 0 Å². The Balaban J connectivity index is 2.10. The molecule has 41 heavy (non-hydrogen) atoms. The van der Waals surface area contributed by atoms with E-state index in [1.165, 1.54) is 35.2 Å². The lowest BCUT2D eigenvalue weighted by atomic mass is 10.1. The lowest BCUT2D eigenvalue weighted by Gasteiger charge is -2.34. The Kier molecular flexibility index (Phi) is 11.8. The van der Waals surface area contributed by atoms with Crippen molar-refractivity contribution < 1.29 is 18.0 Å². The normalized spacial score (nSPS) is 12.9. The summed E-state index contributed by atoms with van der Waals surface area (Å²) in [5.74, 6) is -0.962. The molecule has 2 amide bonds. The molecule has 0 unspecified atom stereocenters. The first kappa shape index (κ1) is 33.0. The number of amides is 2. The van der Waals surface area contributed by atoms with Crippen molar-refractivity contribution in [2.75, 3.05) is 10.8 Å². The van der Waals surface area contributed by atoms with E-state index in [1.54, 1.807) is 43.3 Å². The van der Waals surface area contributed by atoms with Crippen LogP contribution in [0.1, 0.15) is 39.2 Å². The molecule has 0 radical (unpaired) electrons. The Morgan fingerprint density at radius 2 is 1.49 bits per heavy atom. The fourth-order valence-electron chi connectivity index (χ4n) is 4.13. The number of benzene rings is 3. The monoisotopic (exact) mass is 657 g/mol. The van der Waals surface area contributed by atoms with Crippen molar-refractivity contribution >= 4 is 73.9 Å². The van der Waals surface area contributed by atoms with E-state index >= 15 is 0 Å². The van der Waals surface area contributed by atoms with Crippen molar-refractivity contribution in [2.45, 2.75) is 57.1 Å². The summed E-state index contributed by atoms with van der Waals surface area (Å²) in [5, 5.41) is 3.95. The van der Waals surface area contributed by atoms with E-state index < -0.39 is 28.5 Å². The molecule has 0 aromatic heterocycles. The van der Waals surface area contributed by atoms with Gasteiger partial charge in [-0.25, -0.2) is 8.42 Å². The van der Waals surface area contributed by atoms with E-state index in [0.717, 1.165) is 4.31 Å². The topological polar surface area (TPSA) is 86.8 Å². The third-order valence-corrected chi connectivity index (χ3v) is 9.43. The van der Waals surface area contributed by atoms with Gasteiger partial charge in [0.2, 0.25) is 11.8 Å². The minimum absolute atomic E-state index is 0.0162. The molecule has 0 spiro atoms. The van der Waals surface area contributed by atoms with Gasteiger partial charge in [0, 0.05) is 22.6 Å². The summed E-state index contributed by atoms with van der Waals surface area (Å²) < 4.78 is 28.7. The largest absolute Gasteiger partial charge is 0.352 e. The van der Waals surface area contributed by atoms with Gasteiger partial charge in [0.1, 0.15) is 12.6 Å². The summed E-state index contributed by atoms with van der Waals surface area (Å²) in [6.45, 7) is 4.95. The number of hydrogen-bond acceptors (Lipinski definition) is 4.